The van der Waals surface area contributed by atoms with E-state index in [-0.39, 0.29) is 5.56 Å². The summed E-state index contributed by atoms with van der Waals surface area (Å²) in [5, 5.41) is 9.27. The molecule has 0 radical (unpaired) electrons. The van der Waals surface area contributed by atoms with Gasteiger partial charge in [-0.1, -0.05) is 66.8 Å². The van der Waals surface area contributed by atoms with E-state index in [0.29, 0.717) is 34.4 Å². The van der Waals surface area contributed by atoms with Crippen molar-refractivity contribution in [1.29, 1.82) is 5.26 Å². The first kappa shape index (κ1) is 19.9. The first-order valence-corrected chi connectivity index (χ1v) is 9.30. The Morgan fingerprint density at radius 2 is 1.72 bits per heavy atom. The normalized spacial score (nSPS) is 11.4. The van der Waals surface area contributed by atoms with E-state index in [1.165, 1.54) is 10.8 Å². The highest BCUT2D eigenvalue weighted by molar-refractivity contribution is 8.03. The predicted molar refractivity (Wildman–Crippen MR) is 103 cm³/mol. The second-order valence-corrected chi connectivity index (χ2v) is 9.19. The lowest BCUT2D eigenvalue weighted by molar-refractivity contribution is 0.834. The number of nitrogens with zero attached hydrogens (tertiary/aromatic N) is 3. The first-order valence-electron chi connectivity index (χ1n) is 7.39. The maximum atomic E-state index is 12.9. The highest BCUT2D eigenvalue weighted by Crippen LogP contribution is 2.38. The first-order chi connectivity index (χ1) is 11.7. The summed E-state index contributed by atoms with van der Waals surface area (Å²) in [5.41, 5.74) is 0.758. The van der Waals surface area contributed by atoms with E-state index in [4.69, 9.17) is 34.8 Å². The topological polar surface area (TPSA) is 67.8 Å². The Hall–Kier alpha value is -1.39. The van der Waals surface area contributed by atoms with Crippen LogP contribution in [0.3, 0.4) is 0 Å². The molecule has 0 aliphatic heterocycles. The van der Waals surface area contributed by atoms with Gasteiger partial charge in [0.25, 0.3) is 8.68 Å². The summed E-state index contributed by atoms with van der Waals surface area (Å²) < 4.78 is 0.0607. The molecule has 2 rings (SSSR count). The Morgan fingerprint density at radius 1 is 1.16 bits per heavy atom. The summed E-state index contributed by atoms with van der Waals surface area (Å²) in [4.78, 5) is 25.2. The minimum absolute atomic E-state index is 0.214. The summed E-state index contributed by atoms with van der Waals surface area (Å²) in [7, 11) is 0. The van der Waals surface area contributed by atoms with Crippen LogP contribution in [-0.4, -0.2) is 11.7 Å². The largest absolute Gasteiger partial charge is 0.346 e. The standard InChI is InChI=1S/C16H14Cl3N3O2S/c1-3-10-6-5-7-11(4-2)13(10)21-9-12(8-20)14(23)22(15(21)24)25-16(17,18)19/h5-7,9H,3-4H2,1-2H3. The van der Waals surface area contributed by atoms with Gasteiger partial charge < -0.3 is 0 Å². The highest BCUT2D eigenvalue weighted by Gasteiger charge is 2.26. The van der Waals surface area contributed by atoms with Crippen molar-refractivity contribution >= 4 is 46.8 Å². The molecule has 0 unspecified atom stereocenters. The number of halogens is 3. The predicted octanol–water partition coefficient (Wildman–Crippen LogP) is 3.82. The molecule has 0 fully saturated rings. The summed E-state index contributed by atoms with van der Waals surface area (Å²) in [5.74, 6) is 0. The van der Waals surface area contributed by atoms with Gasteiger partial charge in [-0.25, -0.2) is 4.79 Å². The lowest BCUT2D eigenvalue weighted by Crippen LogP contribution is -2.39. The Balaban J connectivity index is 2.90. The molecule has 132 valence electrons. The number of rotatable bonds is 4. The van der Waals surface area contributed by atoms with Crippen LogP contribution in [0.15, 0.2) is 34.0 Å². The number of aryl methyl sites for hydroxylation is 2. The lowest BCUT2D eigenvalue weighted by atomic mass is 10.0. The van der Waals surface area contributed by atoms with E-state index in [1.54, 1.807) is 6.07 Å². The maximum absolute atomic E-state index is 12.9. The molecular formula is C16H14Cl3N3O2S. The number of hydrogen-bond acceptors (Lipinski definition) is 4. The molecule has 1 aromatic carbocycles. The minimum Gasteiger partial charge on any atom is -0.267 e. The zero-order valence-corrected chi connectivity index (χ0v) is 16.5. The van der Waals surface area contributed by atoms with Crippen molar-refractivity contribution in [2.24, 2.45) is 0 Å². The zero-order chi connectivity index (χ0) is 18.8. The second kappa shape index (κ2) is 7.88. The van der Waals surface area contributed by atoms with Crippen LogP contribution in [0.25, 0.3) is 5.69 Å². The van der Waals surface area contributed by atoms with Crippen molar-refractivity contribution in [3.8, 4) is 11.8 Å². The van der Waals surface area contributed by atoms with Gasteiger partial charge in [0.15, 0.2) is 0 Å². The van der Waals surface area contributed by atoms with Gasteiger partial charge in [0.2, 0.25) is 0 Å². The maximum Gasteiger partial charge on any atom is 0.346 e. The molecule has 1 aromatic heterocycles. The van der Waals surface area contributed by atoms with Crippen LogP contribution in [0.4, 0.5) is 0 Å². The van der Waals surface area contributed by atoms with E-state index in [2.05, 4.69) is 0 Å². The lowest BCUT2D eigenvalue weighted by Gasteiger charge is -2.18. The highest BCUT2D eigenvalue weighted by atomic mass is 35.6. The molecule has 0 atom stereocenters. The number of nitriles is 1. The summed E-state index contributed by atoms with van der Waals surface area (Å²) in [6, 6.07) is 7.49. The van der Waals surface area contributed by atoms with E-state index in [9.17, 15) is 14.9 Å². The number of aromatic nitrogens is 2. The SMILES string of the molecule is CCc1cccc(CC)c1-n1cc(C#N)c(=O)n(SC(Cl)(Cl)Cl)c1=O. The number of hydrogen-bond donors (Lipinski definition) is 0. The van der Waals surface area contributed by atoms with Gasteiger partial charge in [0.1, 0.15) is 11.6 Å². The second-order valence-electron chi connectivity index (χ2n) is 5.08. The fourth-order valence-electron chi connectivity index (χ4n) is 2.48. The molecule has 5 nitrogen and oxygen atoms in total. The molecule has 0 N–H and O–H groups in total. The van der Waals surface area contributed by atoms with Gasteiger partial charge in [0, 0.05) is 18.1 Å². The molecule has 0 saturated carbocycles. The van der Waals surface area contributed by atoms with Gasteiger partial charge in [0.05, 0.1) is 5.69 Å². The minimum atomic E-state index is -1.92. The van der Waals surface area contributed by atoms with Crippen molar-refractivity contribution in [1.82, 2.24) is 8.54 Å². The van der Waals surface area contributed by atoms with Crippen molar-refractivity contribution < 1.29 is 0 Å². The van der Waals surface area contributed by atoms with Gasteiger partial charge >= 0.3 is 5.69 Å². The summed E-state index contributed by atoms with van der Waals surface area (Å²) in [6.45, 7) is 3.92. The molecule has 25 heavy (non-hydrogen) atoms. The van der Waals surface area contributed by atoms with Crippen LogP contribution in [0, 0.1) is 11.3 Å². The molecule has 1 heterocycles. The fourth-order valence-corrected chi connectivity index (χ4v) is 3.65. The average molecular weight is 419 g/mol. The monoisotopic (exact) mass is 417 g/mol. The van der Waals surface area contributed by atoms with Crippen LogP contribution in [0.1, 0.15) is 30.5 Å². The number of alkyl halides is 3. The van der Waals surface area contributed by atoms with Crippen molar-refractivity contribution in [2.45, 2.75) is 29.8 Å². The van der Waals surface area contributed by atoms with Crippen molar-refractivity contribution in [2.75, 3.05) is 0 Å². The van der Waals surface area contributed by atoms with Gasteiger partial charge in [-0.05, 0) is 24.0 Å². The quantitative estimate of drug-likeness (QED) is 0.708. The van der Waals surface area contributed by atoms with Crippen molar-refractivity contribution in [3.05, 3.63) is 61.9 Å². The molecule has 0 aliphatic carbocycles. The molecule has 2 aromatic rings. The molecule has 0 spiro atoms. The molecule has 0 saturated heterocycles. The van der Waals surface area contributed by atoms with E-state index in [1.807, 2.05) is 32.0 Å². The van der Waals surface area contributed by atoms with Gasteiger partial charge in [-0.2, -0.15) is 9.23 Å². The Labute approximate surface area is 163 Å². The Bertz CT molecular complexity index is 933. The summed E-state index contributed by atoms with van der Waals surface area (Å²) in [6.07, 6.45) is 2.59. The van der Waals surface area contributed by atoms with Gasteiger partial charge in [-0.3, -0.25) is 9.36 Å². The van der Waals surface area contributed by atoms with Gasteiger partial charge in [-0.15, -0.1) is 0 Å². The van der Waals surface area contributed by atoms with E-state index < -0.39 is 14.4 Å². The van der Waals surface area contributed by atoms with Crippen LogP contribution >= 0.6 is 46.8 Å². The van der Waals surface area contributed by atoms with E-state index >= 15 is 0 Å². The van der Waals surface area contributed by atoms with Crippen molar-refractivity contribution in [3.63, 3.8) is 0 Å². The Kier molecular flexibility index (Phi) is 6.28. The zero-order valence-electron chi connectivity index (χ0n) is 13.4. The summed E-state index contributed by atoms with van der Waals surface area (Å²) >= 11 is 17.6. The van der Waals surface area contributed by atoms with Crippen LogP contribution in [0.5, 0.6) is 0 Å². The molecule has 0 aliphatic rings. The third-order valence-corrected chi connectivity index (χ3v) is 4.91. The molecular weight excluding hydrogens is 405 g/mol. The smallest absolute Gasteiger partial charge is 0.267 e. The third-order valence-electron chi connectivity index (χ3n) is 3.57. The Morgan fingerprint density at radius 3 is 2.16 bits per heavy atom. The van der Waals surface area contributed by atoms with Crippen LogP contribution in [0.2, 0.25) is 0 Å². The average Bonchev–Trinajstić information content (AvgIpc) is 2.57. The van der Waals surface area contributed by atoms with Crippen LogP contribution < -0.4 is 11.2 Å². The number of benzene rings is 1. The fraction of sp³-hybridized carbons (Fsp3) is 0.312. The molecule has 9 heteroatoms. The van der Waals surface area contributed by atoms with E-state index in [0.717, 1.165) is 11.1 Å². The number of para-hydroxylation sites is 1. The molecule has 0 bridgehead atoms. The van der Waals surface area contributed by atoms with Crippen LogP contribution in [-0.2, 0) is 12.8 Å². The third kappa shape index (κ3) is 4.24. The molecule has 0 amide bonds.